The molecule has 0 atom stereocenters. The third-order valence-corrected chi connectivity index (χ3v) is 3.44. The number of nitrogens with one attached hydrogen (secondary N) is 2. The molecule has 2 rings (SSSR count). The SMILES string of the molecule is Cc1cc(OCC(=O)NNC(=O)c2ccco2)cc(C)c1Cl. The van der Waals surface area contributed by atoms with Gasteiger partial charge < -0.3 is 9.15 Å². The summed E-state index contributed by atoms with van der Waals surface area (Å²) in [5, 5.41) is 0.669. The molecule has 22 heavy (non-hydrogen) atoms. The Bertz CT molecular complexity index is 660. The Labute approximate surface area is 132 Å². The van der Waals surface area contributed by atoms with E-state index in [9.17, 15) is 9.59 Å². The number of hydrogen-bond acceptors (Lipinski definition) is 4. The van der Waals surface area contributed by atoms with E-state index in [0.717, 1.165) is 11.1 Å². The van der Waals surface area contributed by atoms with Crippen molar-refractivity contribution < 1.29 is 18.7 Å². The van der Waals surface area contributed by atoms with Gasteiger partial charge in [-0.3, -0.25) is 20.4 Å². The standard InChI is InChI=1S/C15H15ClN2O4/c1-9-6-11(7-10(2)14(9)16)22-8-13(19)17-18-15(20)12-4-3-5-21-12/h3-7H,8H2,1-2H3,(H,17,19)(H,18,20). The van der Waals surface area contributed by atoms with Crippen LogP contribution in [-0.4, -0.2) is 18.4 Å². The lowest BCUT2D eigenvalue weighted by Crippen LogP contribution is -2.43. The zero-order valence-corrected chi connectivity index (χ0v) is 12.9. The van der Waals surface area contributed by atoms with Crippen LogP contribution in [0.5, 0.6) is 5.75 Å². The van der Waals surface area contributed by atoms with Gasteiger partial charge in [-0.05, 0) is 49.2 Å². The van der Waals surface area contributed by atoms with Crippen molar-refractivity contribution in [2.75, 3.05) is 6.61 Å². The van der Waals surface area contributed by atoms with E-state index in [-0.39, 0.29) is 12.4 Å². The fourth-order valence-electron chi connectivity index (χ4n) is 1.77. The van der Waals surface area contributed by atoms with Gasteiger partial charge in [0.2, 0.25) is 0 Å². The molecule has 6 nitrogen and oxygen atoms in total. The average Bonchev–Trinajstić information content (AvgIpc) is 3.02. The molecule has 1 aromatic carbocycles. The number of rotatable bonds is 4. The van der Waals surface area contributed by atoms with E-state index in [1.807, 2.05) is 13.8 Å². The predicted molar refractivity (Wildman–Crippen MR) is 80.7 cm³/mol. The first-order valence-corrected chi connectivity index (χ1v) is 6.87. The minimum absolute atomic E-state index is 0.102. The van der Waals surface area contributed by atoms with Gasteiger partial charge in [0.1, 0.15) is 5.75 Å². The van der Waals surface area contributed by atoms with Crippen LogP contribution >= 0.6 is 11.6 Å². The highest BCUT2D eigenvalue weighted by molar-refractivity contribution is 6.32. The van der Waals surface area contributed by atoms with Gasteiger partial charge in [0.05, 0.1) is 6.26 Å². The topological polar surface area (TPSA) is 80.6 Å². The largest absolute Gasteiger partial charge is 0.484 e. The molecule has 0 saturated heterocycles. The second-order valence-electron chi connectivity index (χ2n) is 4.64. The van der Waals surface area contributed by atoms with Gasteiger partial charge in [-0.25, -0.2) is 0 Å². The van der Waals surface area contributed by atoms with Gasteiger partial charge in [0, 0.05) is 5.02 Å². The van der Waals surface area contributed by atoms with Crippen molar-refractivity contribution in [2.24, 2.45) is 0 Å². The van der Waals surface area contributed by atoms with Gasteiger partial charge >= 0.3 is 5.91 Å². The van der Waals surface area contributed by atoms with Gasteiger partial charge in [-0.15, -0.1) is 0 Å². The summed E-state index contributed by atoms with van der Waals surface area (Å²) in [6.07, 6.45) is 1.37. The number of ether oxygens (including phenoxy) is 1. The lowest BCUT2D eigenvalue weighted by atomic mass is 10.1. The van der Waals surface area contributed by atoms with E-state index >= 15 is 0 Å². The van der Waals surface area contributed by atoms with Crippen molar-refractivity contribution in [3.8, 4) is 5.75 Å². The van der Waals surface area contributed by atoms with Crippen molar-refractivity contribution in [3.05, 3.63) is 52.4 Å². The zero-order chi connectivity index (χ0) is 16.1. The van der Waals surface area contributed by atoms with Crippen molar-refractivity contribution in [1.29, 1.82) is 0 Å². The molecule has 0 saturated carbocycles. The second kappa shape index (κ2) is 7.00. The number of halogens is 1. The first-order chi connectivity index (χ1) is 10.5. The summed E-state index contributed by atoms with van der Waals surface area (Å²) in [4.78, 5) is 23.2. The van der Waals surface area contributed by atoms with Crippen LogP contribution in [0.3, 0.4) is 0 Å². The van der Waals surface area contributed by atoms with Crippen LogP contribution in [0, 0.1) is 13.8 Å². The number of benzene rings is 1. The molecule has 0 unspecified atom stereocenters. The first-order valence-electron chi connectivity index (χ1n) is 6.49. The number of carbonyl (C=O) groups excluding carboxylic acids is 2. The van der Waals surface area contributed by atoms with Crippen LogP contribution in [0.25, 0.3) is 0 Å². The Kier molecular flexibility index (Phi) is 5.06. The van der Waals surface area contributed by atoms with Crippen molar-refractivity contribution in [2.45, 2.75) is 13.8 Å². The molecule has 0 aliphatic rings. The fourth-order valence-corrected chi connectivity index (χ4v) is 1.88. The van der Waals surface area contributed by atoms with Crippen molar-refractivity contribution in [3.63, 3.8) is 0 Å². The molecule has 0 bridgehead atoms. The summed E-state index contributed by atoms with van der Waals surface area (Å²) >= 11 is 6.05. The van der Waals surface area contributed by atoms with Gasteiger partial charge in [-0.1, -0.05) is 11.6 Å². The zero-order valence-electron chi connectivity index (χ0n) is 12.1. The minimum atomic E-state index is -0.545. The maximum Gasteiger partial charge on any atom is 0.305 e. The van der Waals surface area contributed by atoms with Crippen LogP contribution in [0.1, 0.15) is 21.7 Å². The molecule has 116 valence electrons. The third-order valence-electron chi connectivity index (χ3n) is 2.84. The lowest BCUT2D eigenvalue weighted by molar-refractivity contribution is -0.123. The molecule has 1 heterocycles. The van der Waals surface area contributed by atoms with Crippen LogP contribution in [0.15, 0.2) is 34.9 Å². The average molecular weight is 323 g/mol. The molecule has 1 aromatic heterocycles. The number of carbonyl (C=O) groups is 2. The minimum Gasteiger partial charge on any atom is -0.484 e. The van der Waals surface area contributed by atoms with Crippen molar-refractivity contribution in [1.82, 2.24) is 10.9 Å². The van der Waals surface area contributed by atoms with E-state index in [4.69, 9.17) is 20.8 Å². The Balaban J connectivity index is 1.82. The second-order valence-corrected chi connectivity index (χ2v) is 5.02. The summed E-state index contributed by atoms with van der Waals surface area (Å²) in [7, 11) is 0. The fraction of sp³-hybridized carbons (Fsp3) is 0.200. The molecular formula is C15H15ClN2O4. The quantitative estimate of drug-likeness (QED) is 0.847. The van der Waals surface area contributed by atoms with Crippen LogP contribution in [0.4, 0.5) is 0 Å². The monoisotopic (exact) mass is 322 g/mol. The summed E-state index contributed by atoms with van der Waals surface area (Å²) < 4.78 is 10.2. The smallest absolute Gasteiger partial charge is 0.305 e. The van der Waals surface area contributed by atoms with E-state index < -0.39 is 11.8 Å². The maximum absolute atomic E-state index is 11.6. The van der Waals surface area contributed by atoms with Gasteiger partial charge in [0.25, 0.3) is 5.91 Å². The number of furan rings is 1. The molecule has 0 radical (unpaired) electrons. The third kappa shape index (κ3) is 4.02. The summed E-state index contributed by atoms with van der Waals surface area (Å²) in [5.74, 6) is -0.404. The van der Waals surface area contributed by atoms with E-state index in [2.05, 4.69) is 10.9 Å². The summed E-state index contributed by atoms with van der Waals surface area (Å²) in [6.45, 7) is 3.47. The van der Waals surface area contributed by atoms with Gasteiger partial charge in [-0.2, -0.15) is 0 Å². The molecule has 0 aliphatic carbocycles. The highest BCUT2D eigenvalue weighted by Gasteiger charge is 2.10. The van der Waals surface area contributed by atoms with E-state index in [1.165, 1.54) is 12.3 Å². The number of hydrogen-bond donors (Lipinski definition) is 2. The lowest BCUT2D eigenvalue weighted by Gasteiger charge is -2.10. The summed E-state index contributed by atoms with van der Waals surface area (Å²) in [5.41, 5.74) is 6.18. The molecule has 2 amide bonds. The molecule has 2 N–H and O–H groups in total. The predicted octanol–water partition coefficient (Wildman–Crippen LogP) is 2.39. The Morgan fingerprint density at radius 3 is 2.50 bits per heavy atom. The first kappa shape index (κ1) is 15.9. The van der Waals surface area contributed by atoms with E-state index in [0.29, 0.717) is 10.8 Å². The number of hydrazine groups is 1. The molecule has 7 heteroatoms. The molecule has 0 spiro atoms. The van der Waals surface area contributed by atoms with Crippen LogP contribution < -0.4 is 15.6 Å². The van der Waals surface area contributed by atoms with Crippen LogP contribution in [0.2, 0.25) is 5.02 Å². The normalized spacial score (nSPS) is 10.1. The van der Waals surface area contributed by atoms with E-state index in [1.54, 1.807) is 18.2 Å². The number of aryl methyl sites for hydroxylation is 2. The van der Waals surface area contributed by atoms with Gasteiger partial charge in [0.15, 0.2) is 12.4 Å². The summed E-state index contributed by atoms with van der Waals surface area (Å²) in [6, 6.07) is 6.54. The molecular weight excluding hydrogens is 308 g/mol. The Morgan fingerprint density at radius 2 is 1.91 bits per heavy atom. The molecule has 0 aliphatic heterocycles. The molecule has 0 fully saturated rings. The van der Waals surface area contributed by atoms with Crippen molar-refractivity contribution >= 4 is 23.4 Å². The highest BCUT2D eigenvalue weighted by Crippen LogP contribution is 2.25. The molecule has 2 aromatic rings. The highest BCUT2D eigenvalue weighted by atomic mass is 35.5. The van der Waals surface area contributed by atoms with Crippen LogP contribution in [-0.2, 0) is 4.79 Å². The number of amides is 2. The maximum atomic E-state index is 11.6. The Morgan fingerprint density at radius 1 is 1.23 bits per heavy atom. The Hall–Kier alpha value is -2.47.